The lowest BCUT2D eigenvalue weighted by Gasteiger charge is -2.19. The largest absolute Gasteiger partial charge is 0.490 e. The fourth-order valence-corrected chi connectivity index (χ4v) is 1.46. The van der Waals surface area contributed by atoms with E-state index in [4.69, 9.17) is 4.74 Å². The van der Waals surface area contributed by atoms with Crippen LogP contribution in [0.25, 0.3) is 0 Å². The number of nitrogens with one attached hydrogen (secondary N) is 1. The molecule has 1 rings (SSSR count). The zero-order chi connectivity index (χ0) is 12.7. The first-order valence-corrected chi connectivity index (χ1v) is 6.07. The molecule has 94 valence electrons. The van der Waals surface area contributed by atoms with Crippen molar-refractivity contribution in [2.24, 2.45) is 0 Å². The summed E-state index contributed by atoms with van der Waals surface area (Å²) in [4.78, 5) is 0. The average molecular weight is 233 g/mol. The second-order valence-electron chi connectivity index (χ2n) is 5.11. The van der Waals surface area contributed by atoms with Gasteiger partial charge in [0.15, 0.2) is 0 Å². The summed E-state index contributed by atoms with van der Waals surface area (Å²) < 4.78 is 5.61. The summed E-state index contributed by atoms with van der Waals surface area (Å²) in [6, 6.07) is 8.33. The Balaban J connectivity index is 2.46. The van der Waals surface area contributed by atoms with Crippen LogP contribution in [-0.2, 0) is 5.41 Å². The lowest BCUT2D eigenvalue weighted by molar-refractivity contribution is 0.362. The van der Waals surface area contributed by atoms with Crippen molar-refractivity contribution in [3.05, 3.63) is 42.0 Å². The third kappa shape index (κ3) is 5.05. The number of ether oxygens (including phenoxy) is 1. The number of benzene rings is 1. The van der Waals surface area contributed by atoms with Gasteiger partial charge in [-0.25, -0.2) is 0 Å². The van der Waals surface area contributed by atoms with Gasteiger partial charge in [0.1, 0.15) is 12.4 Å². The standard InChI is InChI=1S/C15H23NO/c1-15(2,3)13-7-9-14(10-8-13)17-12-6-5-11-16-4/h5-10,16H,11-12H2,1-4H3. The van der Waals surface area contributed by atoms with E-state index in [0.717, 1.165) is 12.3 Å². The molecule has 0 aliphatic carbocycles. The third-order valence-electron chi connectivity index (χ3n) is 2.56. The summed E-state index contributed by atoms with van der Waals surface area (Å²) in [6.45, 7) is 8.14. The number of rotatable bonds is 5. The SMILES string of the molecule is CNCC=CCOc1ccc(C(C)(C)C)cc1. The molecule has 1 aromatic rings. The lowest BCUT2D eigenvalue weighted by Crippen LogP contribution is -2.10. The van der Waals surface area contributed by atoms with Crippen LogP contribution in [0.5, 0.6) is 5.75 Å². The Bertz CT molecular complexity index is 346. The molecule has 0 aliphatic rings. The van der Waals surface area contributed by atoms with Gasteiger partial charge in [-0.1, -0.05) is 45.1 Å². The second kappa shape index (κ2) is 6.45. The number of hydrogen-bond acceptors (Lipinski definition) is 2. The molecule has 0 radical (unpaired) electrons. The van der Waals surface area contributed by atoms with E-state index in [1.54, 1.807) is 0 Å². The van der Waals surface area contributed by atoms with Gasteiger partial charge < -0.3 is 10.1 Å². The van der Waals surface area contributed by atoms with Gasteiger partial charge in [0.05, 0.1) is 0 Å². The zero-order valence-electron chi connectivity index (χ0n) is 11.3. The van der Waals surface area contributed by atoms with Crippen LogP contribution < -0.4 is 10.1 Å². The molecule has 17 heavy (non-hydrogen) atoms. The monoisotopic (exact) mass is 233 g/mol. The molecule has 0 aromatic heterocycles. The summed E-state index contributed by atoms with van der Waals surface area (Å²) >= 11 is 0. The van der Waals surface area contributed by atoms with Crippen molar-refractivity contribution in [2.45, 2.75) is 26.2 Å². The van der Waals surface area contributed by atoms with Crippen molar-refractivity contribution in [1.82, 2.24) is 5.32 Å². The van der Waals surface area contributed by atoms with Crippen molar-refractivity contribution in [3.63, 3.8) is 0 Å². The highest BCUT2D eigenvalue weighted by Crippen LogP contribution is 2.24. The van der Waals surface area contributed by atoms with Crippen LogP contribution in [0.15, 0.2) is 36.4 Å². The maximum absolute atomic E-state index is 5.61. The smallest absolute Gasteiger partial charge is 0.119 e. The zero-order valence-corrected chi connectivity index (χ0v) is 11.3. The molecule has 0 saturated carbocycles. The molecule has 0 bridgehead atoms. The number of likely N-dealkylation sites (N-methyl/N-ethyl adjacent to an activating group) is 1. The summed E-state index contributed by atoms with van der Waals surface area (Å²) in [5.41, 5.74) is 1.53. The van der Waals surface area contributed by atoms with E-state index in [1.807, 2.05) is 25.3 Å². The van der Waals surface area contributed by atoms with Crippen molar-refractivity contribution in [3.8, 4) is 5.75 Å². The molecule has 1 aromatic carbocycles. The van der Waals surface area contributed by atoms with Gasteiger partial charge in [-0.3, -0.25) is 0 Å². The van der Waals surface area contributed by atoms with Gasteiger partial charge in [-0.2, -0.15) is 0 Å². The van der Waals surface area contributed by atoms with E-state index < -0.39 is 0 Å². The molecule has 0 amide bonds. The molecule has 0 heterocycles. The van der Waals surface area contributed by atoms with E-state index >= 15 is 0 Å². The fourth-order valence-electron chi connectivity index (χ4n) is 1.46. The van der Waals surface area contributed by atoms with Crippen LogP contribution in [0.2, 0.25) is 0 Å². The Morgan fingerprint density at radius 3 is 2.29 bits per heavy atom. The normalized spacial score (nSPS) is 12.0. The Kier molecular flexibility index (Phi) is 5.23. The van der Waals surface area contributed by atoms with Crippen LogP contribution >= 0.6 is 0 Å². The van der Waals surface area contributed by atoms with Crippen molar-refractivity contribution in [1.29, 1.82) is 0 Å². The summed E-state index contributed by atoms with van der Waals surface area (Å²) in [6.07, 6.45) is 4.08. The molecule has 0 atom stereocenters. The Morgan fingerprint density at radius 1 is 1.12 bits per heavy atom. The van der Waals surface area contributed by atoms with E-state index in [9.17, 15) is 0 Å². The Labute approximate surface area is 105 Å². The van der Waals surface area contributed by atoms with Gasteiger partial charge in [-0.05, 0) is 30.2 Å². The first kappa shape index (κ1) is 13.8. The highest BCUT2D eigenvalue weighted by molar-refractivity contribution is 5.31. The Morgan fingerprint density at radius 2 is 1.76 bits per heavy atom. The lowest BCUT2D eigenvalue weighted by atomic mass is 9.87. The molecule has 0 unspecified atom stereocenters. The van der Waals surface area contributed by atoms with Gasteiger partial charge >= 0.3 is 0 Å². The summed E-state index contributed by atoms with van der Waals surface area (Å²) in [5, 5.41) is 3.05. The molecule has 0 aliphatic heterocycles. The molecular formula is C15H23NO. The van der Waals surface area contributed by atoms with E-state index in [2.05, 4.69) is 44.3 Å². The first-order chi connectivity index (χ1) is 8.04. The minimum atomic E-state index is 0.200. The van der Waals surface area contributed by atoms with E-state index in [1.165, 1.54) is 5.56 Å². The van der Waals surface area contributed by atoms with Crippen molar-refractivity contribution >= 4 is 0 Å². The van der Waals surface area contributed by atoms with Gasteiger partial charge in [-0.15, -0.1) is 0 Å². The van der Waals surface area contributed by atoms with Crippen LogP contribution in [0.4, 0.5) is 0 Å². The van der Waals surface area contributed by atoms with Gasteiger partial charge in [0.2, 0.25) is 0 Å². The van der Waals surface area contributed by atoms with E-state index in [-0.39, 0.29) is 5.41 Å². The topological polar surface area (TPSA) is 21.3 Å². The number of hydrogen-bond donors (Lipinski definition) is 1. The third-order valence-corrected chi connectivity index (χ3v) is 2.56. The van der Waals surface area contributed by atoms with Crippen molar-refractivity contribution < 1.29 is 4.74 Å². The summed E-state index contributed by atoms with van der Waals surface area (Å²) in [7, 11) is 1.93. The quantitative estimate of drug-likeness (QED) is 0.789. The minimum absolute atomic E-state index is 0.200. The highest BCUT2D eigenvalue weighted by atomic mass is 16.5. The maximum atomic E-state index is 5.61. The molecule has 2 nitrogen and oxygen atoms in total. The molecule has 1 N–H and O–H groups in total. The first-order valence-electron chi connectivity index (χ1n) is 6.07. The minimum Gasteiger partial charge on any atom is -0.490 e. The molecule has 0 saturated heterocycles. The molecule has 0 spiro atoms. The second-order valence-corrected chi connectivity index (χ2v) is 5.11. The maximum Gasteiger partial charge on any atom is 0.119 e. The van der Waals surface area contributed by atoms with E-state index in [0.29, 0.717) is 6.61 Å². The average Bonchev–Trinajstić information content (AvgIpc) is 2.28. The Hall–Kier alpha value is -1.28. The predicted molar refractivity (Wildman–Crippen MR) is 73.7 cm³/mol. The molecule has 0 fully saturated rings. The van der Waals surface area contributed by atoms with Crippen LogP contribution in [0, 0.1) is 0 Å². The van der Waals surface area contributed by atoms with Crippen molar-refractivity contribution in [2.75, 3.05) is 20.2 Å². The van der Waals surface area contributed by atoms with Crippen LogP contribution in [0.3, 0.4) is 0 Å². The van der Waals surface area contributed by atoms with Gasteiger partial charge in [0.25, 0.3) is 0 Å². The highest BCUT2D eigenvalue weighted by Gasteiger charge is 2.12. The fraction of sp³-hybridized carbons (Fsp3) is 0.467. The van der Waals surface area contributed by atoms with Gasteiger partial charge in [0, 0.05) is 6.54 Å². The van der Waals surface area contributed by atoms with Crippen LogP contribution in [0.1, 0.15) is 26.3 Å². The molecule has 2 heteroatoms. The predicted octanol–water partition coefficient (Wildman–Crippen LogP) is 3.14. The molecular weight excluding hydrogens is 210 g/mol. The van der Waals surface area contributed by atoms with Crippen LogP contribution in [-0.4, -0.2) is 20.2 Å². The summed E-state index contributed by atoms with van der Waals surface area (Å²) in [5.74, 6) is 0.923.